The molecule has 0 spiro atoms. The van der Waals surface area contributed by atoms with Crippen LogP contribution in [-0.2, 0) is 4.79 Å². The highest BCUT2D eigenvalue weighted by Gasteiger charge is 2.17. The van der Waals surface area contributed by atoms with E-state index in [9.17, 15) is 4.79 Å². The van der Waals surface area contributed by atoms with Crippen LogP contribution < -0.4 is 5.32 Å². The van der Waals surface area contributed by atoms with E-state index >= 15 is 0 Å². The fourth-order valence-electron chi connectivity index (χ4n) is 3.39. The fraction of sp³-hybridized carbons (Fsp3) is 0.348. The van der Waals surface area contributed by atoms with Gasteiger partial charge in [0.05, 0.1) is 12.2 Å². The number of para-hydroxylation sites is 1. The zero-order chi connectivity index (χ0) is 21.0. The van der Waals surface area contributed by atoms with Gasteiger partial charge in [0.15, 0.2) is 0 Å². The van der Waals surface area contributed by atoms with Crippen molar-refractivity contribution in [2.45, 2.75) is 39.7 Å². The van der Waals surface area contributed by atoms with Gasteiger partial charge in [0.1, 0.15) is 12.7 Å². The smallest absolute Gasteiger partial charge is 0.238 e. The van der Waals surface area contributed by atoms with E-state index in [1.165, 1.54) is 6.33 Å². The molecular weight excluding hydrogens is 362 g/mol. The summed E-state index contributed by atoms with van der Waals surface area (Å²) in [5, 5.41) is 7.27. The summed E-state index contributed by atoms with van der Waals surface area (Å²) < 4.78 is 1.72. The fourth-order valence-corrected chi connectivity index (χ4v) is 3.39. The molecule has 0 saturated carbocycles. The lowest BCUT2D eigenvalue weighted by atomic mass is 9.98. The van der Waals surface area contributed by atoms with Crippen molar-refractivity contribution in [3.63, 3.8) is 0 Å². The molecule has 0 bridgehead atoms. The minimum atomic E-state index is -0.00483. The molecule has 1 atom stereocenters. The zero-order valence-electron chi connectivity index (χ0n) is 17.8. The highest BCUT2D eigenvalue weighted by atomic mass is 16.2. The van der Waals surface area contributed by atoms with E-state index in [0.717, 1.165) is 28.1 Å². The van der Waals surface area contributed by atoms with Gasteiger partial charge >= 0.3 is 0 Å². The van der Waals surface area contributed by atoms with Crippen LogP contribution in [0.5, 0.6) is 0 Å². The van der Waals surface area contributed by atoms with Crippen molar-refractivity contribution in [3.05, 3.63) is 71.8 Å². The van der Waals surface area contributed by atoms with Gasteiger partial charge in [-0.05, 0) is 55.6 Å². The number of benzene rings is 2. The first-order chi connectivity index (χ1) is 13.9. The molecule has 152 valence electrons. The Kier molecular flexibility index (Phi) is 6.44. The molecule has 0 aliphatic rings. The molecule has 1 heterocycles. The molecule has 0 saturated heterocycles. The van der Waals surface area contributed by atoms with Gasteiger partial charge in [-0.2, -0.15) is 5.10 Å². The van der Waals surface area contributed by atoms with Crippen LogP contribution in [0.25, 0.3) is 5.69 Å². The molecule has 6 heteroatoms. The van der Waals surface area contributed by atoms with Crippen LogP contribution in [0.3, 0.4) is 0 Å². The molecule has 3 aromatic rings. The Morgan fingerprint density at radius 3 is 2.48 bits per heavy atom. The molecule has 1 N–H and O–H groups in total. The first-order valence-corrected chi connectivity index (χ1v) is 9.91. The predicted octanol–water partition coefficient (Wildman–Crippen LogP) is 4.33. The average molecular weight is 392 g/mol. The van der Waals surface area contributed by atoms with E-state index in [2.05, 4.69) is 54.4 Å². The van der Waals surface area contributed by atoms with Gasteiger partial charge in [-0.1, -0.05) is 44.2 Å². The first-order valence-electron chi connectivity index (χ1n) is 9.91. The Bertz CT molecular complexity index is 948. The van der Waals surface area contributed by atoms with E-state index in [0.29, 0.717) is 12.5 Å². The number of aryl methyl sites for hydroxylation is 1. The topological polar surface area (TPSA) is 63.1 Å². The van der Waals surface area contributed by atoms with Crippen LogP contribution in [0.2, 0.25) is 0 Å². The molecule has 0 unspecified atom stereocenters. The zero-order valence-corrected chi connectivity index (χ0v) is 17.8. The number of likely N-dealkylation sites (N-methyl/N-ethyl adjacent to an activating group) is 1. The van der Waals surface area contributed by atoms with E-state index in [-0.39, 0.29) is 11.9 Å². The monoisotopic (exact) mass is 391 g/mol. The molecule has 29 heavy (non-hydrogen) atoms. The summed E-state index contributed by atoms with van der Waals surface area (Å²) in [5.74, 6) is 0.347. The van der Waals surface area contributed by atoms with E-state index in [1.807, 2.05) is 43.1 Å². The number of amides is 1. The maximum absolute atomic E-state index is 12.7. The molecular formula is C23H29N5O. The van der Waals surface area contributed by atoms with Crippen LogP contribution in [-0.4, -0.2) is 39.2 Å². The van der Waals surface area contributed by atoms with Gasteiger partial charge in [0, 0.05) is 11.7 Å². The lowest BCUT2D eigenvalue weighted by Crippen LogP contribution is -2.32. The lowest BCUT2D eigenvalue weighted by Gasteiger charge is -2.25. The predicted molar refractivity (Wildman–Crippen MR) is 116 cm³/mol. The number of carbonyl (C=O) groups excluding carboxylic acids is 1. The summed E-state index contributed by atoms with van der Waals surface area (Å²) in [6.45, 7) is 8.73. The molecule has 0 aliphatic heterocycles. The Balaban J connectivity index is 1.65. The van der Waals surface area contributed by atoms with E-state index < -0.39 is 0 Å². The molecule has 3 rings (SSSR count). The summed E-state index contributed by atoms with van der Waals surface area (Å²) in [4.78, 5) is 18.7. The van der Waals surface area contributed by atoms with Crippen molar-refractivity contribution in [3.8, 4) is 5.69 Å². The normalized spacial score (nSPS) is 12.4. The van der Waals surface area contributed by atoms with Crippen LogP contribution in [0.1, 0.15) is 49.4 Å². The Morgan fingerprint density at radius 1 is 1.14 bits per heavy atom. The number of nitrogens with zero attached hydrogens (tertiary/aromatic N) is 4. The second-order valence-electron chi connectivity index (χ2n) is 7.76. The number of nitrogens with one attached hydrogen (secondary N) is 1. The van der Waals surface area contributed by atoms with E-state index in [1.54, 1.807) is 11.0 Å². The third-order valence-electron chi connectivity index (χ3n) is 5.30. The van der Waals surface area contributed by atoms with Crippen molar-refractivity contribution in [2.75, 3.05) is 18.9 Å². The highest BCUT2D eigenvalue weighted by molar-refractivity contribution is 5.94. The van der Waals surface area contributed by atoms with Crippen molar-refractivity contribution in [1.29, 1.82) is 0 Å². The third kappa shape index (κ3) is 4.90. The SMILES string of the molecule is Cc1cccc(C(C)C)c1NC(=O)CN(C)[C@@H](C)c1ccc(-n2cncn2)cc1. The summed E-state index contributed by atoms with van der Waals surface area (Å²) >= 11 is 0. The van der Waals surface area contributed by atoms with Crippen molar-refractivity contribution >= 4 is 11.6 Å². The molecule has 0 aliphatic carbocycles. The maximum atomic E-state index is 12.7. The van der Waals surface area contributed by atoms with Crippen LogP contribution in [0.15, 0.2) is 55.1 Å². The highest BCUT2D eigenvalue weighted by Crippen LogP contribution is 2.27. The van der Waals surface area contributed by atoms with Crippen molar-refractivity contribution < 1.29 is 4.79 Å². The van der Waals surface area contributed by atoms with Gasteiger partial charge in [0.2, 0.25) is 5.91 Å². The van der Waals surface area contributed by atoms with Crippen LogP contribution >= 0.6 is 0 Å². The standard InChI is InChI=1S/C23H29N5O/c1-16(2)21-8-6-7-17(3)23(21)26-22(29)13-27(5)18(4)19-9-11-20(12-10-19)28-15-24-14-25-28/h6-12,14-16,18H,13H2,1-5H3,(H,26,29)/t18-/m0/s1. The summed E-state index contributed by atoms with van der Waals surface area (Å²) in [5.41, 5.74) is 5.29. The number of carbonyl (C=O) groups is 1. The lowest BCUT2D eigenvalue weighted by molar-refractivity contribution is -0.117. The van der Waals surface area contributed by atoms with Crippen LogP contribution in [0, 0.1) is 6.92 Å². The van der Waals surface area contributed by atoms with E-state index in [4.69, 9.17) is 0 Å². The molecule has 2 aromatic carbocycles. The van der Waals surface area contributed by atoms with Gasteiger partial charge in [-0.25, -0.2) is 9.67 Å². The van der Waals surface area contributed by atoms with Gasteiger partial charge in [-0.3, -0.25) is 9.69 Å². The number of hydrogen-bond donors (Lipinski definition) is 1. The van der Waals surface area contributed by atoms with Crippen LogP contribution in [0.4, 0.5) is 5.69 Å². The minimum Gasteiger partial charge on any atom is -0.324 e. The van der Waals surface area contributed by atoms with Gasteiger partial charge < -0.3 is 5.32 Å². The van der Waals surface area contributed by atoms with Crippen molar-refractivity contribution in [2.24, 2.45) is 0 Å². The number of aromatic nitrogens is 3. The third-order valence-corrected chi connectivity index (χ3v) is 5.30. The molecule has 6 nitrogen and oxygen atoms in total. The maximum Gasteiger partial charge on any atom is 0.238 e. The number of rotatable bonds is 7. The summed E-state index contributed by atoms with van der Waals surface area (Å²) in [6.07, 6.45) is 3.19. The quantitative estimate of drug-likeness (QED) is 0.651. The second kappa shape index (κ2) is 9.01. The molecule has 0 radical (unpaired) electrons. The second-order valence-corrected chi connectivity index (χ2v) is 7.76. The summed E-state index contributed by atoms with van der Waals surface area (Å²) in [7, 11) is 1.97. The number of hydrogen-bond acceptors (Lipinski definition) is 4. The number of anilines is 1. The average Bonchev–Trinajstić information content (AvgIpc) is 3.23. The van der Waals surface area contributed by atoms with Gasteiger partial charge in [0.25, 0.3) is 0 Å². The Hall–Kier alpha value is -2.99. The molecule has 0 fully saturated rings. The molecule has 1 amide bonds. The van der Waals surface area contributed by atoms with Crippen molar-refractivity contribution in [1.82, 2.24) is 19.7 Å². The first kappa shape index (κ1) is 20.7. The Morgan fingerprint density at radius 2 is 1.86 bits per heavy atom. The summed E-state index contributed by atoms with van der Waals surface area (Å²) in [6, 6.07) is 14.4. The van der Waals surface area contributed by atoms with Gasteiger partial charge in [-0.15, -0.1) is 0 Å². The Labute approximate surface area is 172 Å². The minimum absolute atomic E-state index is 0.00483. The molecule has 1 aromatic heterocycles. The largest absolute Gasteiger partial charge is 0.324 e.